The Kier molecular flexibility index (Phi) is 6.23. The third-order valence-corrected chi connectivity index (χ3v) is 4.19. The highest BCUT2D eigenvalue weighted by Gasteiger charge is 2.18. The van der Waals surface area contributed by atoms with Gasteiger partial charge in [-0.05, 0) is 32.0 Å². The van der Waals surface area contributed by atoms with Crippen molar-refractivity contribution in [1.82, 2.24) is 4.90 Å². The Morgan fingerprint density at radius 1 is 1.00 bits per heavy atom. The number of benzene rings is 2. The molecule has 0 atom stereocenters. The number of carboxylic acids is 1. The lowest BCUT2D eigenvalue weighted by Crippen LogP contribution is -2.32. The van der Waals surface area contributed by atoms with E-state index in [0.717, 1.165) is 18.0 Å². The second-order valence-corrected chi connectivity index (χ2v) is 5.68. The van der Waals surface area contributed by atoms with Crippen LogP contribution in [0.5, 0.6) is 0 Å². The van der Waals surface area contributed by atoms with E-state index < -0.39 is 5.97 Å². The number of carboxylic acid groups (broad SMARTS) is 1. The van der Waals surface area contributed by atoms with Gasteiger partial charge in [0.1, 0.15) is 5.84 Å². The molecule has 0 radical (unpaired) electrons. The predicted octanol–water partition coefficient (Wildman–Crippen LogP) is 4.18. The zero-order valence-electron chi connectivity index (χ0n) is 13.3. The van der Waals surface area contributed by atoms with Gasteiger partial charge in [-0.1, -0.05) is 36.4 Å². The van der Waals surface area contributed by atoms with Gasteiger partial charge < -0.3 is 10.0 Å². The van der Waals surface area contributed by atoms with E-state index in [1.807, 2.05) is 56.3 Å². The van der Waals surface area contributed by atoms with Crippen molar-refractivity contribution in [3.05, 3.63) is 65.7 Å². The van der Waals surface area contributed by atoms with Crippen molar-refractivity contribution in [3.63, 3.8) is 0 Å². The molecule has 0 heterocycles. The van der Waals surface area contributed by atoms with Crippen LogP contribution in [0.4, 0.5) is 0 Å². The molecular weight excluding hydrogens is 308 g/mol. The molecule has 0 spiro atoms. The lowest BCUT2D eigenvalue weighted by Gasteiger charge is -2.24. The Labute approximate surface area is 141 Å². The molecule has 0 bridgehead atoms. The summed E-state index contributed by atoms with van der Waals surface area (Å²) in [6.45, 7) is 5.60. The molecule has 0 unspecified atom stereocenters. The third-order valence-electron chi connectivity index (χ3n) is 3.44. The Bertz CT molecular complexity index is 682. The SMILES string of the molecule is CCN(CC)C(=NSc1ccccc1)c1ccccc1C(=O)O. The summed E-state index contributed by atoms with van der Waals surface area (Å²) < 4.78 is 4.65. The quantitative estimate of drug-likeness (QED) is 0.491. The third kappa shape index (κ3) is 4.36. The lowest BCUT2D eigenvalue weighted by molar-refractivity contribution is 0.0696. The van der Waals surface area contributed by atoms with E-state index in [-0.39, 0.29) is 5.56 Å². The second-order valence-electron chi connectivity index (χ2n) is 4.84. The smallest absolute Gasteiger partial charge is 0.336 e. The van der Waals surface area contributed by atoms with E-state index in [4.69, 9.17) is 0 Å². The van der Waals surface area contributed by atoms with Crippen molar-refractivity contribution in [3.8, 4) is 0 Å². The fraction of sp³-hybridized carbons (Fsp3) is 0.222. The standard InChI is InChI=1S/C18H20N2O2S/c1-3-20(4-2)17(19-23-14-10-6-5-7-11-14)15-12-8-9-13-16(15)18(21)22/h5-13H,3-4H2,1-2H3,(H,21,22). The Morgan fingerprint density at radius 3 is 2.13 bits per heavy atom. The summed E-state index contributed by atoms with van der Waals surface area (Å²) in [4.78, 5) is 14.6. The van der Waals surface area contributed by atoms with Crippen molar-refractivity contribution in [1.29, 1.82) is 0 Å². The highest BCUT2D eigenvalue weighted by Crippen LogP contribution is 2.22. The van der Waals surface area contributed by atoms with Crippen LogP contribution in [0.2, 0.25) is 0 Å². The van der Waals surface area contributed by atoms with Gasteiger partial charge in [0.05, 0.1) is 5.56 Å². The summed E-state index contributed by atoms with van der Waals surface area (Å²) in [5.74, 6) is -0.243. The van der Waals surface area contributed by atoms with E-state index in [1.54, 1.807) is 12.1 Å². The van der Waals surface area contributed by atoms with Crippen LogP contribution < -0.4 is 0 Å². The molecule has 0 aliphatic rings. The number of carbonyl (C=O) groups is 1. The number of rotatable bonds is 6. The summed E-state index contributed by atoms with van der Waals surface area (Å²) >= 11 is 1.36. The second kappa shape index (κ2) is 8.39. The number of hydrogen-bond acceptors (Lipinski definition) is 3. The molecular formula is C18H20N2O2S. The Hall–Kier alpha value is -2.27. The zero-order valence-corrected chi connectivity index (χ0v) is 14.1. The number of nitrogens with zero attached hydrogens (tertiary/aromatic N) is 2. The molecule has 0 fully saturated rings. The fourth-order valence-electron chi connectivity index (χ4n) is 2.24. The van der Waals surface area contributed by atoms with E-state index in [1.165, 1.54) is 11.9 Å². The van der Waals surface area contributed by atoms with Gasteiger partial charge in [-0.3, -0.25) is 0 Å². The molecule has 2 aromatic carbocycles. The van der Waals surface area contributed by atoms with Gasteiger partial charge in [0.25, 0.3) is 0 Å². The molecule has 0 saturated carbocycles. The van der Waals surface area contributed by atoms with Gasteiger partial charge >= 0.3 is 5.97 Å². The normalized spacial score (nSPS) is 11.3. The molecule has 4 nitrogen and oxygen atoms in total. The first-order valence-corrected chi connectivity index (χ1v) is 8.32. The molecule has 2 rings (SSSR count). The van der Waals surface area contributed by atoms with E-state index in [0.29, 0.717) is 11.4 Å². The van der Waals surface area contributed by atoms with Crippen LogP contribution in [-0.4, -0.2) is 34.9 Å². The molecule has 0 aromatic heterocycles. The summed E-state index contributed by atoms with van der Waals surface area (Å²) in [5, 5.41) is 9.45. The monoisotopic (exact) mass is 328 g/mol. The minimum atomic E-state index is -0.940. The molecule has 23 heavy (non-hydrogen) atoms. The van der Waals surface area contributed by atoms with Gasteiger partial charge in [0, 0.05) is 35.5 Å². The van der Waals surface area contributed by atoms with Crippen LogP contribution in [0.1, 0.15) is 29.8 Å². The maximum atomic E-state index is 11.5. The molecule has 5 heteroatoms. The summed E-state index contributed by atoms with van der Waals surface area (Å²) in [6, 6.07) is 16.8. The highest BCUT2D eigenvalue weighted by molar-refractivity contribution is 7.98. The summed E-state index contributed by atoms with van der Waals surface area (Å²) in [5.41, 5.74) is 0.916. The van der Waals surface area contributed by atoms with E-state index >= 15 is 0 Å². The molecule has 2 aromatic rings. The van der Waals surface area contributed by atoms with Gasteiger partial charge in [-0.25, -0.2) is 4.79 Å². The minimum Gasteiger partial charge on any atom is -0.478 e. The van der Waals surface area contributed by atoms with Gasteiger partial charge in [-0.15, -0.1) is 0 Å². The first-order chi connectivity index (χ1) is 11.2. The predicted molar refractivity (Wildman–Crippen MR) is 95.2 cm³/mol. The maximum Gasteiger partial charge on any atom is 0.336 e. The molecule has 1 N–H and O–H groups in total. The summed E-state index contributed by atoms with van der Waals surface area (Å²) in [6.07, 6.45) is 0. The number of amidine groups is 1. The van der Waals surface area contributed by atoms with Crippen LogP contribution in [-0.2, 0) is 0 Å². The first-order valence-electron chi connectivity index (χ1n) is 7.55. The average molecular weight is 328 g/mol. The van der Waals surface area contributed by atoms with Gasteiger partial charge in [-0.2, -0.15) is 4.40 Å². The number of hydrogen-bond donors (Lipinski definition) is 1. The van der Waals surface area contributed by atoms with Crippen molar-refractivity contribution in [2.75, 3.05) is 13.1 Å². The van der Waals surface area contributed by atoms with E-state index in [9.17, 15) is 9.90 Å². The fourth-order valence-corrected chi connectivity index (χ4v) is 2.93. The molecule has 0 saturated heterocycles. The Balaban J connectivity index is 2.44. The van der Waals surface area contributed by atoms with Crippen molar-refractivity contribution >= 4 is 23.8 Å². The van der Waals surface area contributed by atoms with Crippen molar-refractivity contribution in [2.45, 2.75) is 18.7 Å². The molecule has 0 aliphatic carbocycles. The average Bonchev–Trinajstić information content (AvgIpc) is 2.59. The van der Waals surface area contributed by atoms with Crippen molar-refractivity contribution in [2.24, 2.45) is 4.40 Å². The topological polar surface area (TPSA) is 52.9 Å². The Morgan fingerprint density at radius 2 is 1.57 bits per heavy atom. The lowest BCUT2D eigenvalue weighted by atomic mass is 10.1. The molecule has 0 aliphatic heterocycles. The first kappa shape index (κ1) is 17.1. The van der Waals surface area contributed by atoms with Gasteiger partial charge in [0.15, 0.2) is 0 Å². The zero-order chi connectivity index (χ0) is 16.7. The van der Waals surface area contributed by atoms with Gasteiger partial charge in [0.2, 0.25) is 0 Å². The van der Waals surface area contributed by atoms with Crippen LogP contribution >= 0.6 is 11.9 Å². The van der Waals surface area contributed by atoms with Crippen LogP contribution in [0, 0.1) is 0 Å². The minimum absolute atomic E-state index is 0.270. The maximum absolute atomic E-state index is 11.5. The summed E-state index contributed by atoms with van der Waals surface area (Å²) in [7, 11) is 0. The van der Waals surface area contributed by atoms with Crippen LogP contribution in [0.15, 0.2) is 63.9 Å². The largest absolute Gasteiger partial charge is 0.478 e. The molecule has 0 amide bonds. The van der Waals surface area contributed by atoms with E-state index in [2.05, 4.69) is 9.30 Å². The molecule has 120 valence electrons. The highest BCUT2D eigenvalue weighted by atomic mass is 32.2. The van der Waals surface area contributed by atoms with Crippen LogP contribution in [0.3, 0.4) is 0 Å². The van der Waals surface area contributed by atoms with Crippen LogP contribution in [0.25, 0.3) is 0 Å². The van der Waals surface area contributed by atoms with Crippen molar-refractivity contribution < 1.29 is 9.90 Å². The number of aromatic carboxylic acids is 1.